The molecule has 0 bridgehead atoms. The molecule has 2 rings (SSSR count). The van der Waals surface area contributed by atoms with Gasteiger partial charge in [0.15, 0.2) is 0 Å². The van der Waals surface area contributed by atoms with E-state index in [1.54, 1.807) is 0 Å². The molecular formula is C13H17ClF3N3O3. The normalized spacial score (nSPS) is 17.4. The number of benzene rings is 1. The van der Waals surface area contributed by atoms with E-state index < -0.39 is 35.0 Å². The molecule has 2 N–H and O–H groups in total. The molecular weight excluding hydrogens is 339 g/mol. The number of nitrogens with one attached hydrogen (secondary N) is 1. The van der Waals surface area contributed by atoms with Gasteiger partial charge in [-0.1, -0.05) is 6.07 Å². The molecule has 1 aromatic rings. The van der Waals surface area contributed by atoms with Crippen molar-refractivity contribution in [3.05, 3.63) is 39.7 Å². The molecule has 0 unspecified atom stereocenters. The van der Waals surface area contributed by atoms with E-state index >= 15 is 0 Å². The van der Waals surface area contributed by atoms with Crippen LogP contribution < -0.4 is 5.32 Å². The summed E-state index contributed by atoms with van der Waals surface area (Å²) in [5, 5.41) is 22.8. The Morgan fingerprint density at radius 3 is 2.52 bits per heavy atom. The highest BCUT2D eigenvalue weighted by atomic mass is 35.5. The summed E-state index contributed by atoms with van der Waals surface area (Å²) >= 11 is 0. The Bertz CT molecular complexity index is 557. The van der Waals surface area contributed by atoms with Gasteiger partial charge in [0.2, 0.25) is 5.82 Å². The first-order valence-corrected chi connectivity index (χ1v) is 6.74. The van der Waals surface area contributed by atoms with Gasteiger partial charge in [-0.2, -0.15) is 4.39 Å². The monoisotopic (exact) mass is 355 g/mol. The van der Waals surface area contributed by atoms with Crippen LogP contribution in [0.15, 0.2) is 18.2 Å². The lowest BCUT2D eigenvalue weighted by atomic mass is 9.97. The fourth-order valence-corrected chi connectivity index (χ4v) is 2.59. The Hall–Kier alpha value is -1.42. The summed E-state index contributed by atoms with van der Waals surface area (Å²) in [7, 11) is 0. The maximum atomic E-state index is 14.1. The van der Waals surface area contributed by atoms with E-state index in [0.717, 1.165) is 18.2 Å². The Balaban J connectivity index is 0.00000264. The summed E-state index contributed by atoms with van der Waals surface area (Å²) in [6.45, 7) is 0.173. The molecule has 1 fully saturated rings. The minimum Gasteiger partial charge on any atom is -0.390 e. The number of nitro groups is 1. The SMILES string of the molecule is Cl.O=[N+]([O-])c1cc([C@H](N2CCNCC2)C(F)(F)CO)ccc1F. The lowest BCUT2D eigenvalue weighted by molar-refractivity contribution is -0.387. The van der Waals surface area contributed by atoms with Gasteiger partial charge in [-0.3, -0.25) is 15.0 Å². The van der Waals surface area contributed by atoms with Crippen molar-refractivity contribution < 1.29 is 23.2 Å². The predicted octanol–water partition coefficient (Wildman–Crippen LogP) is 1.73. The van der Waals surface area contributed by atoms with Gasteiger partial charge in [-0.05, 0) is 11.6 Å². The molecule has 0 amide bonds. The molecule has 1 aromatic carbocycles. The smallest absolute Gasteiger partial charge is 0.305 e. The first-order valence-electron chi connectivity index (χ1n) is 6.74. The van der Waals surface area contributed by atoms with Crippen LogP contribution in [0.3, 0.4) is 0 Å². The lowest BCUT2D eigenvalue weighted by Gasteiger charge is -2.38. The van der Waals surface area contributed by atoms with Gasteiger partial charge in [0.25, 0.3) is 5.92 Å². The molecule has 6 nitrogen and oxygen atoms in total. The van der Waals surface area contributed by atoms with E-state index in [2.05, 4.69) is 5.32 Å². The van der Waals surface area contributed by atoms with Gasteiger partial charge in [0, 0.05) is 32.2 Å². The molecule has 23 heavy (non-hydrogen) atoms. The number of nitrogens with zero attached hydrogens (tertiary/aromatic N) is 2. The third kappa shape index (κ3) is 4.31. The van der Waals surface area contributed by atoms with Crippen molar-refractivity contribution in [1.82, 2.24) is 10.2 Å². The molecule has 0 spiro atoms. The van der Waals surface area contributed by atoms with Crippen molar-refractivity contribution in [2.45, 2.75) is 12.0 Å². The quantitative estimate of drug-likeness (QED) is 0.621. The molecule has 0 radical (unpaired) electrons. The Kier molecular flexibility index (Phi) is 6.75. The lowest BCUT2D eigenvalue weighted by Crippen LogP contribution is -2.51. The van der Waals surface area contributed by atoms with E-state index in [1.165, 1.54) is 4.90 Å². The average molecular weight is 356 g/mol. The maximum absolute atomic E-state index is 14.1. The van der Waals surface area contributed by atoms with Crippen molar-refractivity contribution in [1.29, 1.82) is 0 Å². The van der Waals surface area contributed by atoms with Crippen LogP contribution in [0.4, 0.5) is 18.9 Å². The van der Waals surface area contributed by atoms with Crippen LogP contribution in [0.1, 0.15) is 11.6 Å². The second-order valence-electron chi connectivity index (χ2n) is 5.08. The summed E-state index contributed by atoms with van der Waals surface area (Å²) in [6, 6.07) is 1.17. The second-order valence-corrected chi connectivity index (χ2v) is 5.08. The summed E-state index contributed by atoms with van der Waals surface area (Å²) in [6.07, 6.45) is 0. The van der Waals surface area contributed by atoms with Gasteiger partial charge < -0.3 is 10.4 Å². The minimum atomic E-state index is -3.50. The van der Waals surface area contributed by atoms with Crippen LogP contribution in [-0.4, -0.2) is 53.6 Å². The molecule has 1 aliphatic rings. The van der Waals surface area contributed by atoms with E-state index in [9.17, 15) is 23.3 Å². The van der Waals surface area contributed by atoms with Crippen LogP contribution in [0.25, 0.3) is 0 Å². The Labute approximate surface area is 136 Å². The Morgan fingerprint density at radius 2 is 2.00 bits per heavy atom. The highest BCUT2D eigenvalue weighted by Gasteiger charge is 2.44. The molecule has 1 heterocycles. The van der Waals surface area contributed by atoms with Gasteiger partial charge >= 0.3 is 5.69 Å². The topological polar surface area (TPSA) is 78.6 Å². The summed E-state index contributed by atoms with van der Waals surface area (Å²) in [5.41, 5.74) is -0.944. The first-order chi connectivity index (χ1) is 10.4. The Morgan fingerprint density at radius 1 is 1.39 bits per heavy atom. The van der Waals surface area contributed by atoms with Crippen LogP contribution in [0.2, 0.25) is 0 Å². The second kappa shape index (κ2) is 7.91. The van der Waals surface area contributed by atoms with Crippen LogP contribution in [-0.2, 0) is 0 Å². The third-order valence-electron chi connectivity index (χ3n) is 3.61. The molecule has 10 heteroatoms. The van der Waals surface area contributed by atoms with Crippen molar-refractivity contribution in [2.24, 2.45) is 0 Å². The zero-order valence-electron chi connectivity index (χ0n) is 12.0. The average Bonchev–Trinajstić information content (AvgIpc) is 2.50. The fourth-order valence-electron chi connectivity index (χ4n) is 2.59. The van der Waals surface area contributed by atoms with Gasteiger partial charge in [-0.15, -0.1) is 12.4 Å². The molecule has 0 aromatic heterocycles. The van der Waals surface area contributed by atoms with Crippen molar-refractivity contribution in [3.63, 3.8) is 0 Å². The van der Waals surface area contributed by atoms with E-state index in [1.807, 2.05) is 0 Å². The number of aliphatic hydroxyl groups excluding tert-OH is 1. The molecule has 1 saturated heterocycles. The van der Waals surface area contributed by atoms with Crippen molar-refractivity contribution in [3.8, 4) is 0 Å². The number of piperazine rings is 1. The fraction of sp³-hybridized carbons (Fsp3) is 0.538. The summed E-state index contributed by atoms with van der Waals surface area (Å²) in [5.74, 6) is -4.58. The zero-order chi connectivity index (χ0) is 16.3. The number of aliphatic hydroxyl groups is 1. The largest absolute Gasteiger partial charge is 0.390 e. The highest BCUT2D eigenvalue weighted by Crippen LogP contribution is 2.38. The van der Waals surface area contributed by atoms with Crippen LogP contribution in [0, 0.1) is 15.9 Å². The number of hydrogen-bond acceptors (Lipinski definition) is 5. The minimum absolute atomic E-state index is 0. The van der Waals surface area contributed by atoms with Crippen molar-refractivity contribution in [2.75, 3.05) is 32.8 Å². The zero-order valence-corrected chi connectivity index (χ0v) is 12.9. The van der Waals surface area contributed by atoms with E-state index in [4.69, 9.17) is 5.11 Å². The predicted molar refractivity (Wildman–Crippen MR) is 79.5 cm³/mol. The summed E-state index contributed by atoms with van der Waals surface area (Å²) < 4.78 is 41.7. The molecule has 130 valence electrons. The molecule has 0 saturated carbocycles. The van der Waals surface area contributed by atoms with E-state index in [-0.39, 0.29) is 18.0 Å². The van der Waals surface area contributed by atoms with Gasteiger partial charge in [-0.25, -0.2) is 8.78 Å². The van der Waals surface area contributed by atoms with Crippen molar-refractivity contribution >= 4 is 18.1 Å². The number of rotatable bonds is 5. The number of alkyl halides is 2. The van der Waals surface area contributed by atoms with Crippen LogP contribution in [0.5, 0.6) is 0 Å². The highest BCUT2D eigenvalue weighted by molar-refractivity contribution is 5.85. The van der Waals surface area contributed by atoms with Gasteiger partial charge in [0.1, 0.15) is 12.6 Å². The van der Waals surface area contributed by atoms with Crippen LogP contribution >= 0.6 is 12.4 Å². The van der Waals surface area contributed by atoms with Gasteiger partial charge in [0.05, 0.1) is 4.92 Å². The number of hydrogen-bond donors (Lipinski definition) is 2. The number of nitro benzene ring substituents is 1. The standard InChI is InChI=1S/C13H16F3N3O3.ClH/c14-10-2-1-9(7-11(10)19(21)22)12(13(15,16)8-20)18-5-3-17-4-6-18;/h1-2,7,12,17,20H,3-6,8H2;1H/t12-;/m0./s1. The maximum Gasteiger partial charge on any atom is 0.305 e. The summed E-state index contributed by atoms with van der Waals surface area (Å²) in [4.78, 5) is 11.3. The third-order valence-corrected chi connectivity index (χ3v) is 3.61. The molecule has 0 aliphatic carbocycles. The molecule has 1 aliphatic heterocycles. The van der Waals surface area contributed by atoms with E-state index in [0.29, 0.717) is 26.2 Å². The molecule has 1 atom stereocenters. The first kappa shape index (κ1) is 19.6. The number of halogens is 4.